The highest BCUT2D eigenvalue weighted by Gasteiger charge is 2.30. The lowest BCUT2D eigenvalue weighted by Gasteiger charge is -2.23. The van der Waals surface area contributed by atoms with Crippen molar-refractivity contribution in [3.63, 3.8) is 0 Å². The molecule has 2 heterocycles. The van der Waals surface area contributed by atoms with Crippen LogP contribution in [0.2, 0.25) is 0 Å². The van der Waals surface area contributed by atoms with E-state index in [-0.39, 0.29) is 23.3 Å². The van der Waals surface area contributed by atoms with Gasteiger partial charge in [-0.3, -0.25) is 0 Å². The normalized spacial score (nSPS) is 18.5. The highest BCUT2D eigenvalue weighted by Crippen LogP contribution is 2.23. The third-order valence-electron chi connectivity index (χ3n) is 3.82. The van der Waals surface area contributed by atoms with E-state index < -0.39 is 15.6 Å². The van der Waals surface area contributed by atoms with Gasteiger partial charge >= 0.3 is 5.63 Å². The summed E-state index contributed by atoms with van der Waals surface area (Å²) in [5.41, 5.74) is -0.0705. The molecule has 0 bridgehead atoms. The molecule has 1 unspecified atom stereocenters. The third kappa shape index (κ3) is 3.03. The Morgan fingerprint density at radius 3 is 2.73 bits per heavy atom. The molecule has 1 fully saturated rings. The minimum absolute atomic E-state index is 0. The van der Waals surface area contributed by atoms with Gasteiger partial charge in [0.2, 0.25) is 10.0 Å². The first-order valence-electron chi connectivity index (χ1n) is 6.71. The van der Waals surface area contributed by atoms with E-state index >= 15 is 0 Å². The second kappa shape index (κ2) is 6.37. The molecular formula is C14H17ClN2O4S. The predicted molar refractivity (Wildman–Crippen MR) is 86.0 cm³/mol. The van der Waals surface area contributed by atoms with Gasteiger partial charge in [0.05, 0.1) is 4.90 Å². The molecule has 8 heteroatoms. The van der Waals surface area contributed by atoms with Crippen LogP contribution in [0, 0.1) is 0 Å². The molecule has 2 aromatic rings. The molecule has 1 aliphatic rings. The second-order valence-corrected chi connectivity index (χ2v) is 7.12. The molecular weight excluding hydrogens is 328 g/mol. The van der Waals surface area contributed by atoms with Crippen molar-refractivity contribution in [2.24, 2.45) is 0 Å². The molecule has 1 saturated heterocycles. The summed E-state index contributed by atoms with van der Waals surface area (Å²) >= 11 is 0. The van der Waals surface area contributed by atoms with Crippen molar-refractivity contribution >= 4 is 33.4 Å². The Hall–Kier alpha value is -1.41. The average molecular weight is 345 g/mol. The summed E-state index contributed by atoms with van der Waals surface area (Å²) in [5.74, 6) is 0. The maximum atomic E-state index is 12.6. The highest BCUT2D eigenvalue weighted by atomic mass is 35.5. The Labute approximate surface area is 134 Å². The van der Waals surface area contributed by atoms with Crippen molar-refractivity contribution in [1.29, 1.82) is 0 Å². The van der Waals surface area contributed by atoms with Crippen molar-refractivity contribution in [3.05, 3.63) is 40.8 Å². The summed E-state index contributed by atoms with van der Waals surface area (Å²) in [5, 5.41) is 3.75. The molecule has 0 aliphatic carbocycles. The van der Waals surface area contributed by atoms with Gasteiger partial charge in [-0.25, -0.2) is 13.2 Å². The summed E-state index contributed by atoms with van der Waals surface area (Å²) in [7, 11) is -1.95. The summed E-state index contributed by atoms with van der Waals surface area (Å²) in [6.07, 6.45) is 0.804. The second-order valence-electron chi connectivity index (χ2n) is 5.12. The first-order valence-corrected chi connectivity index (χ1v) is 8.15. The Morgan fingerprint density at radius 2 is 2.05 bits per heavy atom. The van der Waals surface area contributed by atoms with Crippen LogP contribution in [0.4, 0.5) is 0 Å². The number of benzene rings is 1. The van der Waals surface area contributed by atoms with Gasteiger partial charge in [0.15, 0.2) is 0 Å². The van der Waals surface area contributed by atoms with Crippen molar-refractivity contribution in [3.8, 4) is 0 Å². The van der Waals surface area contributed by atoms with Gasteiger partial charge in [0.25, 0.3) is 0 Å². The Balaban J connectivity index is 0.00000176. The molecule has 0 radical (unpaired) electrons. The number of hydrogen-bond donors (Lipinski definition) is 1. The number of hydrogen-bond acceptors (Lipinski definition) is 5. The first kappa shape index (κ1) is 17.0. The zero-order valence-electron chi connectivity index (χ0n) is 12.0. The predicted octanol–water partition coefficient (Wildman–Crippen LogP) is 1.20. The molecule has 1 aliphatic heterocycles. The van der Waals surface area contributed by atoms with E-state index in [1.165, 1.54) is 28.6 Å². The number of likely N-dealkylation sites (N-methyl/N-ethyl adjacent to an activating group) is 1. The van der Waals surface area contributed by atoms with Crippen molar-refractivity contribution in [2.75, 3.05) is 20.1 Å². The molecule has 120 valence electrons. The quantitative estimate of drug-likeness (QED) is 0.846. The maximum absolute atomic E-state index is 12.6. The standard InChI is InChI=1S/C14H16N2O4S.ClH/c1-16(11-6-7-15-9-11)21(18,19)12-3-4-13-10(8-12)2-5-14(17)20-13;/h2-5,8,11,15H,6-7,9H2,1H3;1H. The monoisotopic (exact) mass is 344 g/mol. The van der Waals surface area contributed by atoms with Gasteiger partial charge in [-0.05, 0) is 37.2 Å². The van der Waals surface area contributed by atoms with Gasteiger partial charge in [0.1, 0.15) is 5.58 Å². The maximum Gasteiger partial charge on any atom is 0.336 e. The average Bonchev–Trinajstić information content (AvgIpc) is 2.99. The fourth-order valence-corrected chi connectivity index (χ4v) is 3.94. The lowest BCUT2D eigenvalue weighted by molar-refractivity contribution is 0.388. The summed E-state index contributed by atoms with van der Waals surface area (Å²) in [6.45, 7) is 1.49. The lowest BCUT2D eigenvalue weighted by atomic mass is 10.2. The summed E-state index contributed by atoms with van der Waals surface area (Å²) in [6, 6.07) is 7.34. The van der Waals surface area contributed by atoms with E-state index in [1.807, 2.05) is 0 Å². The van der Waals surface area contributed by atoms with Gasteiger partial charge < -0.3 is 9.73 Å². The van der Waals surface area contributed by atoms with E-state index in [9.17, 15) is 13.2 Å². The van der Waals surface area contributed by atoms with Gasteiger partial charge in [-0.1, -0.05) is 0 Å². The summed E-state index contributed by atoms with van der Waals surface area (Å²) < 4.78 is 31.7. The molecule has 0 saturated carbocycles. The number of fused-ring (bicyclic) bond motifs is 1. The zero-order chi connectivity index (χ0) is 15.0. The molecule has 1 aromatic heterocycles. The van der Waals surface area contributed by atoms with Crippen LogP contribution in [0.5, 0.6) is 0 Å². The number of sulfonamides is 1. The van der Waals surface area contributed by atoms with E-state index in [2.05, 4.69) is 5.32 Å². The molecule has 22 heavy (non-hydrogen) atoms. The molecule has 3 rings (SSSR count). The van der Waals surface area contributed by atoms with Crippen molar-refractivity contribution in [2.45, 2.75) is 17.4 Å². The Morgan fingerprint density at radius 1 is 1.27 bits per heavy atom. The largest absolute Gasteiger partial charge is 0.423 e. The number of nitrogens with one attached hydrogen (secondary N) is 1. The number of rotatable bonds is 3. The Bertz CT molecular complexity index is 828. The van der Waals surface area contributed by atoms with Gasteiger partial charge in [0, 0.05) is 31.1 Å². The molecule has 1 N–H and O–H groups in total. The zero-order valence-corrected chi connectivity index (χ0v) is 13.6. The van der Waals surface area contributed by atoms with Crippen LogP contribution in [0.15, 0.2) is 44.4 Å². The highest BCUT2D eigenvalue weighted by molar-refractivity contribution is 7.89. The van der Waals surface area contributed by atoms with Crippen LogP contribution in [-0.2, 0) is 10.0 Å². The summed E-state index contributed by atoms with van der Waals surface area (Å²) in [4.78, 5) is 11.4. The SMILES string of the molecule is CN(C1CCNC1)S(=O)(=O)c1ccc2oc(=O)ccc2c1.Cl. The molecule has 1 atom stereocenters. The smallest absolute Gasteiger partial charge is 0.336 e. The van der Waals surface area contributed by atoms with Gasteiger partial charge in [-0.15, -0.1) is 12.4 Å². The molecule has 0 spiro atoms. The first-order chi connectivity index (χ1) is 9.98. The number of halogens is 1. The van der Waals surface area contributed by atoms with E-state index in [1.54, 1.807) is 13.1 Å². The number of nitrogens with zero attached hydrogens (tertiary/aromatic N) is 1. The molecule has 1 aromatic carbocycles. The molecule has 6 nitrogen and oxygen atoms in total. The minimum atomic E-state index is -3.55. The van der Waals surface area contributed by atoms with Crippen LogP contribution in [0.1, 0.15) is 6.42 Å². The molecule has 0 amide bonds. The van der Waals surface area contributed by atoms with E-state index in [4.69, 9.17) is 4.42 Å². The van der Waals surface area contributed by atoms with E-state index in [0.29, 0.717) is 17.5 Å². The fourth-order valence-electron chi connectivity index (χ4n) is 2.52. The van der Waals surface area contributed by atoms with Crippen LogP contribution in [-0.4, -0.2) is 38.9 Å². The van der Waals surface area contributed by atoms with Crippen LogP contribution in [0.3, 0.4) is 0 Å². The third-order valence-corrected chi connectivity index (χ3v) is 5.72. The van der Waals surface area contributed by atoms with Crippen molar-refractivity contribution < 1.29 is 12.8 Å². The fraction of sp³-hybridized carbons (Fsp3) is 0.357. The topological polar surface area (TPSA) is 79.6 Å². The minimum Gasteiger partial charge on any atom is -0.423 e. The van der Waals surface area contributed by atoms with Crippen LogP contribution >= 0.6 is 12.4 Å². The van der Waals surface area contributed by atoms with Crippen LogP contribution in [0.25, 0.3) is 11.0 Å². The van der Waals surface area contributed by atoms with Gasteiger partial charge in [-0.2, -0.15) is 4.31 Å². The van der Waals surface area contributed by atoms with Crippen LogP contribution < -0.4 is 10.9 Å². The lowest BCUT2D eigenvalue weighted by Crippen LogP contribution is -2.38. The van der Waals surface area contributed by atoms with E-state index in [0.717, 1.165) is 13.0 Å². The van der Waals surface area contributed by atoms with Crippen molar-refractivity contribution in [1.82, 2.24) is 9.62 Å². The Kier molecular flexibility index (Phi) is 4.91.